The Hall–Kier alpha value is -1.53. The van der Waals surface area contributed by atoms with Crippen LogP contribution in [0, 0.1) is 5.92 Å². The summed E-state index contributed by atoms with van der Waals surface area (Å²) in [5, 5.41) is 16.8. The van der Waals surface area contributed by atoms with E-state index in [2.05, 4.69) is 34.4 Å². The number of rotatable bonds is 9. The van der Waals surface area contributed by atoms with Gasteiger partial charge in [-0.25, -0.2) is 4.98 Å². The van der Waals surface area contributed by atoms with Crippen LogP contribution in [0.2, 0.25) is 5.02 Å². The molecule has 3 N–H and O–H groups in total. The lowest BCUT2D eigenvalue weighted by Crippen LogP contribution is -2.45. The Bertz CT molecular complexity index is 563. The van der Waals surface area contributed by atoms with Crippen LogP contribution in [0.4, 0.5) is 5.82 Å². The van der Waals surface area contributed by atoms with Gasteiger partial charge in [-0.2, -0.15) is 0 Å². The molecule has 0 aliphatic carbocycles. The molecule has 0 radical (unpaired) electrons. The zero-order valence-electron chi connectivity index (χ0n) is 15.9. The Balaban J connectivity index is 1.93. The van der Waals surface area contributed by atoms with Gasteiger partial charge < -0.3 is 20.6 Å². The van der Waals surface area contributed by atoms with E-state index in [1.165, 1.54) is 0 Å². The molecule has 1 aliphatic heterocycles. The molecule has 0 spiro atoms. The molecule has 7 heteroatoms. The number of hydrogen-bond donors (Lipinski definition) is 3. The highest BCUT2D eigenvalue weighted by Gasteiger charge is 2.25. The fourth-order valence-corrected chi connectivity index (χ4v) is 3.57. The Morgan fingerprint density at radius 1 is 1.46 bits per heavy atom. The molecule has 0 saturated carbocycles. The number of pyridine rings is 1. The molecular weight excluding hydrogens is 350 g/mol. The molecule has 0 amide bonds. The fraction of sp³-hybridized carbons (Fsp3) is 0.684. The molecule has 2 rings (SSSR count). The first-order valence-electron chi connectivity index (χ1n) is 9.69. The molecule has 2 heterocycles. The number of anilines is 1. The van der Waals surface area contributed by atoms with Crippen LogP contribution in [0.25, 0.3) is 0 Å². The number of nitrogens with zero attached hydrogens (tertiary/aromatic N) is 3. The van der Waals surface area contributed by atoms with E-state index in [1.807, 2.05) is 12.1 Å². The summed E-state index contributed by atoms with van der Waals surface area (Å²) in [5.41, 5.74) is 0. The van der Waals surface area contributed by atoms with Gasteiger partial charge in [0.05, 0.1) is 5.02 Å². The van der Waals surface area contributed by atoms with Gasteiger partial charge in [0.15, 0.2) is 5.96 Å². The van der Waals surface area contributed by atoms with Crippen LogP contribution in [0.3, 0.4) is 0 Å². The van der Waals surface area contributed by atoms with Crippen LogP contribution >= 0.6 is 11.6 Å². The molecule has 1 fully saturated rings. The third-order valence-corrected chi connectivity index (χ3v) is 4.95. The summed E-state index contributed by atoms with van der Waals surface area (Å²) in [7, 11) is 0. The zero-order valence-corrected chi connectivity index (χ0v) is 16.7. The topological polar surface area (TPSA) is 72.8 Å². The van der Waals surface area contributed by atoms with Crippen LogP contribution < -0.4 is 15.5 Å². The average Bonchev–Trinajstić information content (AvgIpc) is 3.08. The SMILES string of the molecule is CCCC(CCO)CN=C(NCC)NC1CCN(c2ncccc2Cl)C1. The quantitative estimate of drug-likeness (QED) is 0.453. The molecule has 2 unspecified atom stereocenters. The summed E-state index contributed by atoms with van der Waals surface area (Å²) in [4.78, 5) is 11.4. The van der Waals surface area contributed by atoms with Gasteiger partial charge in [-0.15, -0.1) is 0 Å². The number of nitrogens with one attached hydrogen (secondary N) is 2. The minimum absolute atomic E-state index is 0.229. The highest BCUT2D eigenvalue weighted by atomic mass is 35.5. The second-order valence-electron chi connectivity index (χ2n) is 6.77. The summed E-state index contributed by atoms with van der Waals surface area (Å²) in [6.45, 7) is 7.83. The second kappa shape index (κ2) is 11.2. The molecule has 1 saturated heterocycles. The number of aliphatic imine (C=N–C) groups is 1. The summed E-state index contributed by atoms with van der Waals surface area (Å²) in [5.74, 6) is 2.14. The Morgan fingerprint density at radius 3 is 3.00 bits per heavy atom. The monoisotopic (exact) mass is 381 g/mol. The standard InChI is InChI=1S/C19H32ClN5O/c1-3-6-15(9-12-26)13-23-19(21-4-2)24-16-8-11-25(14-16)18-17(20)7-5-10-22-18/h5,7,10,15-16,26H,3-4,6,8-9,11-14H2,1-2H3,(H2,21,23,24). The van der Waals surface area contributed by atoms with E-state index in [-0.39, 0.29) is 6.61 Å². The molecule has 6 nitrogen and oxygen atoms in total. The van der Waals surface area contributed by atoms with E-state index in [4.69, 9.17) is 16.6 Å². The molecular formula is C19H32ClN5O. The van der Waals surface area contributed by atoms with Crippen molar-refractivity contribution in [1.82, 2.24) is 15.6 Å². The normalized spacial score (nSPS) is 18.8. The minimum Gasteiger partial charge on any atom is -0.396 e. The smallest absolute Gasteiger partial charge is 0.191 e. The van der Waals surface area contributed by atoms with Crippen molar-refractivity contribution in [2.24, 2.45) is 10.9 Å². The summed E-state index contributed by atoms with van der Waals surface area (Å²) >= 11 is 6.27. The molecule has 0 bridgehead atoms. The fourth-order valence-electron chi connectivity index (χ4n) is 3.33. The van der Waals surface area contributed by atoms with Gasteiger partial charge in [0.25, 0.3) is 0 Å². The average molecular weight is 382 g/mol. The van der Waals surface area contributed by atoms with Crippen molar-refractivity contribution in [2.75, 3.05) is 37.7 Å². The van der Waals surface area contributed by atoms with E-state index < -0.39 is 0 Å². The van der Waals surface area contributed by atoms with Crippen molar-refractivity contribution in [1.29, 1.82) is 0 Å². The van der Waals surface area contributed by atoms with Crippen LogP contribution in [0.5, 0.6) is 0 Å². The number of aliphatic hydroxyl groups is 1. The second-order valence-corrected chi connectivity index (χ2v) is 7.18. The predicted octanol–water partition coefficient (Wildman–Crippen LogP) is 2.67. The maximum atomic E-state index is 9.22. The Labute approximate surface area is 162 Å². The number of aromatic nitrogens is 1. The first-order chi connectivity index (χ1) is 12.7. The molecule has 26 heavy (non-hydrogen) atoms. The lowest BCUT2D eigenvalue weighted by molar-refractivity contribution is 0.253. The first kappa shape index (κ1) is 20.8. The van der Waals surface area contributed by atoms with Gasteiger partial charge in [0, 0.05) is 45.0 Å². The van der Waals surface area contributed by atoms with Crippen molar-refractivity contribution in [2.45, 2.75) is 45.6 Å². The van der Waals surface area contributed by atoms with Crippen LogP contribution in [-0.4, -0.2) is 54.9 Å². The molecule has 1 aromatic heterocycles. The highest BCUT2D eigenvalue weighted by Crippen LogP contribution is 2.25. The summed E-state index contributed by atoms with van der Waals surface area (Å²) in [6, 6.07) is 4.05. The highest BCUT2D eigenvalue weighted by molar-refractivity contribution is 6.32. The molecule has 0 aromatic carbocycles. The van der Waals surface area contributed by atoms with Crippen LogP contribution in [-0.2, 0) is 0 Å². The molecule has 1 aromatic rings. The maximum Gasteiger partial charge on any atom is 0.191 e. The van der Waals surface area contributed by atoms with Gasteiger partial charge in [-0.3, -0.25) is 4.99 Å². The van der Waals surface area contributed by atoms with Crippen molar-refractivity contribution in [3.8, 4) is 0 Å². The van der Waals surface area contributed by atoms with Crippen molar-refractivity contribution in [3.63, 3.8) is 0 Å². The third-order valence-electron chi connectivity index (χ3n) is 4.65. The van der Waals surface area contributed by atoms with Crippen molar-refractivity contribution < 1.29 is 5.11 Å². The van der Waals surface area contributed by atoms with Gasteiger partial charge in [-0.05, 0) is 44.2 Å². The minimum atomic E-state index is 0.229. The van der Waals surface area contributed by atoms with Crippen molar-refractivity contribution >= 4 is 23.4 Å². The number of aliphatic hydroxyl groups excluding tert-OH is 1. The Kier molecular flexibility index (Phi) is 8.98. The molecule has 146 valence electrons. The lowest BCUT2D eigenvalue weighted by atomic mass is 10.0. The maximum absolute atomic E-state index is 9.22. The first-order valence-corrected chi connectivity index (χ1v) is 10.1. The molecule has 1 aliphatic rings. The van der Waals surface area contributed by atoms with Gasteiger partial charge in [0.2, 0.25) is 0 Å². The summed E-state index contributed by atoms with van der Waals surface area (Å²) in [6.07, 6.45) is 5.83. The largest absolute Gasteiger partial charge is 0.396 e. The van der Waals surface area contributed by atoms with Crippen LogP contribution in [0.15, 0.2) is 23.3 Å². The van der Waals surface area contributed by atoms with E-state index >= 15 is 0 Å². The van der Waals surface area contributed by atoms with E-state index in [9.17, 15) is 5.11 Å². The van der Waals surface area contributed by atoms with Gasteiger partial charge >= 0.3 is 0 Å². The van der Waals surface area contributed by atoms with Gasteiger partial charge in [0.1, 0.15) is 5.82 Å². The summed E-state index contributed by atoms with van der Waals surface area (Å²) < 4.78 is 0. The van der Waals surface area contributed by atoms with Crippen molar-refractivity contribution in [3.05, 3.63) is 23.4 Å². The predicted molar refractivity (Wildman–Crippen MR) is 109 cm³/mol. The zero-order chi connectivity index (χ0) is 18.8. The number of halogens is 1. The molecule has 2 atom stereocenters. The van der Waals surface area contributed by atoms with E-state index in [0.29, 0.717) is 17.0 Å². The third kappa shape index (κ3) is 6.32. The van der Waals surface area contributed by atoms with Gasteiger partial charge in [-0.1, -0.05) is 24.9 Å². The van der Waals surface area contributed by atoms with E-state index in [0.717, 1.165) is 63.6 Å². The van der Waals surface area contributed by atoms with Crippen LogP contribution in [0.1, 0.15) is 39.5 Å². The lowest BCUT2D eigenvalue weighted by Gasteiger charge is -2.21. The van der Waals surface area contributed by atoms with E-state index in [1.54, 1.807) is 6.20 Å². The number of guanidine groups is 1. The Morgan fingerprint density at radius 2 is 2.31 bits per heavy atom. The number of hydrogen-bond acceptors (Lipinski definition) is 4.